The molecule has 9 heteroatoms. The molecule has 21 heavy (non-hydrogen) atoms. The van der Waals surface area contributed by atoms with E-state index in [1.165, 1.54) is 12.4 Å². The molecule has 0 bridgehead atoms. The number of nitrogens with one attached hydrogen (secondary N) is 1. The Morgan fingerprint density at radius 3 is 2.86 bits per heavy atom. The third-order valence-corrected chi connectivity index (χ3v) is 4.94. The fourth-order valence-electron chi connectivity index (χ4n) is 1.65. The van der Waals surface area contributed by atoms with E-state index in [4.69, 9.17) is 5.73 Å². The van der Waals surface area contributed by atoms with Crippen LogP contribution in [0.25, 0.3) is 0 Å². The van der Waals surface area contributed by atoms with E-state index in [9.17, 15) is 8.42 Å². The Bertz CT molecular complexity index is 729. The van der Waals surface area contributed by atoms with Gasteiger partial charge in [0.2, 0.25) is 0 Å². The fourth-order valence-corrected chi connectivity index (χ4v) is 2.82. The van der Waals surface area contributed by atoms with Gasteiger partial charge in [-0.15, -0.1) is 0 Å². The van der Waals surface area contributed by atoms with Crippen molar-refractivity contribution in [1.29, 1.82) is 0 Å². The van der Waals surface area contributed by atoms with Crippen molar-refractivity contribution < 1.29 is 8.42 Å². The van der Waals surface area contributed by atoms with Crippen molar-refractivity contribution in [3.05, 3.63) is 34.7 Å². The highest BCUT2D eigenvalue weighted by atomic mass is 79.9. The molecule has 0 aromatic carbocycles. The molecule has 0 aliphatic rings. The summed E-state index contributed by atoms with van der Waals surface area (Å²) in [6.07, 6.45) is 5.08. The van der Waals surface area contributed by atoms with Crippen molar-refractivity contribution in [3.63, 3.8) is 0 Å². The number of hydrogen-bond donors (Lipinski definition) is 2. The number of anilines is 1. The zero-order valence-corrected chi connectivity index (χ0v) is 13.9. The molecule has 2 aromatic heterocycles. The molecular weight excluding hydrogens is 358 g/mol. The molecule has 0 atom stereocenters. The highest BCUT2D eigenvalue weighted by molar-refractivity contribution is 9.10. The van der Waals surface area contributed by atoms with Crippen molar-refractivity contribution in [2.45, 2.75) is 24.8 Å². The molecule has 0 spiro atoms. The van der Waals surface area contributed by atoms with Crippen LogP contribution in [0.1, 0.15) is 12.0 Å². The molecule has 0 aliphatic heterocycles. The van der Waals surface area contributed by atoms with E-state index in [1.54, 1.807) is 16.9 Å². The van der Waals surface area contributed by atoms with Gasteiger partial charge in [-0.25, -0.2) is 13.4 Å². The standard InChI is InChI=1S/C12H16BrN5O2S/c1-9-5-12(15-7-11(9)13)17-21(19,20)10-6-16-18(8-10)4-2-3-14/h5-8H,2-4,14H2,1H3,(H,15,17). The number of sulfonamides is 1. The first kappa shape index (κ1) is 15.9. The third kappa shape index (κ3) is 4.02. The van der Waals surface area contributed by atoms with Gasteiger partial charge in [0.15, 0.2) is 0 Å². The number of aryl methyl sites for hydroxylation is 2. The molecule has 114 valence electrons. The fraction of sp³-hybridized carbons (Fsp3) is 0.333. The van der Waals surface area contributed by atoms with Gasteiger partial charge in [0.05, 0.1) is 6.20 Å². The highest BCUT2D eigenvalue weighted by Gasteiger charge is 2.17. The SMILES string of the molecule is Cc1cc(NS(=O)(=O)c2cnn(CCCN)c2)ncc1Br. The maximum Gasteiger partial charge on any atom is 0.266 e. The molecule has 0 unspecified atom stereocenters. The minimum Gasteiger partial charge on any atom is -0.330 e. The Kier molecular flexibility index (Phi) is 4.96. The summed E-state index contributed by atoms with van der Waals surface area (Å²) in [5.74, 6) is 0.269. The van der Waals surface area contributed by atoms with Gasteiger partial charge in [-0.05, 0) is 47.4 Å². The van der Waals surface area contributed by atoms with E-state index in [0.717, 1.165) is 16.5 Å². The molecule has 0 saturated carbocycles. The Labute approximate surface area is 131 Å². The van der Waals surface area contributed by atoms with Gasteiger partial charge < -0.3 is 5.73 Å². The summed E-state index contributed by atoms with van der Waals surface area (Å²) in [7, 11) is -3.69. The van der Waals surface area contributed by atoms with Crippen molar-refractivity contribution >= 4 is 31.8 Å². The van der Waals surface area contributed by atoms with Crippen molar-refractivity contribution in [3.8, 4) is 0 Å². The Balaban J connectivity index is 2.17. The summed E-state index contributed by atoms with van der Waals surface area (Å²) in [5.41, 5.74) is 6.30. The predicted octanol–water partition coefficient (Wildman–Crippen LogP) is 1.50. The number of pyridine rings is 1. The Morgan fingerprint density at radius 2 is 2.19 bits per heavy atom. The summed E-state index contributed by atoms with van der Waals surface area (Å²) in [5, 5.41) is 4.01. The zero-order valence-electron chi connectivity index (χ0n) is 11.5. The zero-order chi connectivity index (χ0) is 15.5. The van der Waals surface area contributed by atoms with Crippen LogP contribution in [0.15, 0.2) is 34.0 Å². The molecule has 2 rings (SSSR count). The second-order valence-electron chi connectivity index (χ2n) is 4.51. The average Bonchev–Trinajstić information content (AvgIpc) is 2.90. The lowest BCUT2D eigenvalue weighted by molar-refractivity contribution is 0.582. The Hall–Kier alpha value is -1.45. The average molecular weight is 374 g/mol. The Morgan fingerprint density at radius 1 is 1.43 bits per heavy atom. The van der Waals surface area contributed by atoms with Crippen LogP contribution in [0, 0.1) is 6.92 Å². The van der Waals surface area contributed by atoms with Crippen LogP contribution in [-0.4, -0.2) is 29.7 Å². The number of nitrogens with two attached hydrogens (primary N) is 1. The molecule has 2 aromatic rings. The quantitative estimate of drug-likeness (QED) is 0.798. The summed E-state index contributed by atoms with van der Waals surface area (Å²) in [4.78, 5) is 4.12. The largest absolute Gasteiger partial charge is 0.330 e. The molecule has 3 N–H and O–H groups in total. The number of nitrogens with zero attached hydrogens (tertiary/aromatic N) is 3. The van der Waals surface area contributed by atoms with Crippen LogP contribution < -0.4 is 10.5 Å². The van der Waals surface area contributed by atoms with Crippen LogP contribution in [0.5, 0.6) is 0 Å². The smallest absolute Gasteiger partial charge is 0.266 e. The third-order valence-electron chi connectivity index (χ3n) is 2.80. The number of aromatic nitrogens is 3. The molecule has 0 aliphatic carbocycles. The second-order valence-corrected chi connectivity index (χ2v) is 7.04. The normalized spacial score (nSPS) is 11.6. The van der Waals surface area contributed by atoms with Gasteiger partial charge in [0, 0.05) is 23.4 Å². The number of rotatable bonds is 6. The summed E-state index contributed by atoms with van der Waals surface area (Å²) >= 11 is 3.32. The van der Waals surface area contributed by atoms with Crippen LogP contribution in [0.3, 0.4) is 0 Å². The molecule has 0 amide bonds. The summed E-state index contributed by atoms with van der Waals surface area (Å²) < 4.78 is 29.3. The van der Waals surface area contributed by atoms with Crippen LogP contribution in [0.2, 0.25) is 0 Å². The first-order valence-corrected chi connectivity index (χ1v) is 8.57. The van der Waals surface area contributed by atoms with E-state index in [1.807, 2.05) is 6.92 Å². The monoisotopic (exact) mass is 373 g/mol. The van der Waals surface area contributed by atoms with E-state index >= 15 is 0 Å². The maximum atomic E-state index is 12.2. The highest BCUT2D eigenvalue weighted by Crippen LogP contribution is 2.19. The topological polar surface area (TPSA) is 103 Å². The molecule has 0 fully saturated rings. The van der Waals surface area contributed by atoms with Crippen molar-refractivity contribution in [2.75, 3.05) is 11.3 Å². The molecule has 2 heterocycles. The summed E-state index contributed by atoms with van der Waals surface area (Å²) in [6.45, 7) is 2.97. The first-order chi connectivity index (χ1) is 9.92. The lowest BCUT2D eigenvalue weighted by atomic mass is 10.3. The molecular formula is C12H16BrN5O2S. The minimum absolute atomic E-state index is 0.0990. The number of hydrogen-bond acceptors (Lipinski definition) is 5. The van der Waals surface area contributed by atoms with Crippen LogP contribution in [-0.2, 0) is 16.6 Å². The van der Waals surface area contributed by atoms with Gasteiger partial charge in [-0.3, -0.25) is 9.40 Å². The lowest BCUT2D eigenvalue weighted by Gasteiger charge is -2.06. The van der Waals surface area contributed by atoms with Gasteiger partial charge in [0.25, 0.3) is 10.0 Å². The first-order valence-electron chi connectivity index (χ1n) is 6.30. The van der Waals surface area contributed by atoms with E-state index < -0.39 is 10.0 Å². The van der Waals surface area contributed by atoms with Crippen LogP contribution in [0.4, 0.5) is 5.82 Å². The molecule has 0 saturated heterocycles. The predicted molar refractivity (Wildman–Crippen MR) is 83.4 cm³/mol. The number of halogens is 1. The maximum absolute atomic E-state index is 12.2. The van der Waals surface area contributed by atoms with Crippen LogP contribution >= 0.6 is 15.9 Å². The second kappa shape index (κ2) is 6.54. The van der Waals surface area contributed by atoms with Gasteiger partial charge in [0.1, 0.15) is 10.7 Å². The molecule has 7 nitrogen and oxygen atoms in total. The van der Waals surface area contributed by atoms with Gasteiger partial charge in [-0.2, -0.15) is 5.10 Å². The summed E-state index contributed by atoms with van der Waals surface area (Å²) in [6, 6.07) is 1.65. The lowest BCUT2D eigenvalue weighted by Crippen LogP contribution is -2.13. The van der Waals surface area contributed by atoms with Gasteiger partial charge in [-0.1, -0.05) is 0 Å². The minimum atomic E-state index is -3.69. The van der Waals surface area contributed by atoms with E-state index in [0.29, 0.717) is 13.1 Å². The van der Waals surface area contributed by atoms with Crippen molar-refractivity contribution in [2.24, 2.45) is 5.73 Å². The van der Waals surface area contributed by atoms with E-state index in [-0.39, 0.29) is 10.7 Å². The van der Waals surface area contributed by atoms with Crippen molar-refractivity contribution in [1.82, 2.24) is 14.8 Å². The van der Waals surface area contributed by atoms with E-state index in [2.05, 4.69) is 30.7 Å². The van der Waals surface area contributed by atoms with Gasteiger partial charge >= 0.3 is 0 Å². The molecule has 0 radical (unpaired) electrons.